The molecule has 10 heteroatoms. The minimum absolute atomic E-state index is 0.0132. The van der Waals surface area contributed by atoms with Crippen molar-refractivity contribution in [3.8, 4) is 0 Å². The number of likely N-dealkylation sites (tertiary alicyclic amines) is 1. The zero-order valence-electron chi connectivity index (χ0n) is 18.9. The molecule has 2 aliphatic rings. The molecular weight excluding hydrogens is 477 g/mol. The van der Waals surface area contributed by atoms with Crippen molar-refractivity contribution in [2.45, 2.75) is 25.3 Å². The predicted molar refractivity (Wildman–Crippen MR) is 133 cm³/mol. The molecule has 34 heavy (non-hydrogen) atoms. The molecule has 1 spiro atoms. The average molecular weight is 504 g/mol. The van der Waals surface area contributed by atoms with Crippen LogP contribution in [-0.2, 0) is 9.59 Å². The third-order valence-electron chi connectivity index (χ3n) is 6.34. The highest BCUT2D eigenvalue weighted by Crippen LogP contribution is 2.39. The number of para-hydroxylation sites is 1. The number of nitrogens with zero attached hydrogens (tertiary/aromatic N) is 3. The van der Waals surface area contributed by atoms with E-state index in [1.54, 1.807) is 28.0 Å². The summed E-state index contributed by atoms with van der Waals surface area (Å²) in [5, 5.41) is 6.38. The number of hydrogen-bond donors (Lipinski definition) is 2. The summed E-state index contributed by atoms with van der Waals surface area (Å²) in [6, 6.07) is 14.4. The van der Waals surface area contributed by atoms with Crippen LogP contribution in [0, 0.1) is 0 Å². The molecule has 2 aliphatic heterocycles. The van der Waals surface area contributed by atoms with Crippen LogP contribution in [0.1, 0.15) is 19.8 Å². The van der Waals surface area contributed by atoms with Crippen molar-refractivity contribution < 1.29 is 14.4 Å². The van der Waals surface area contributed by atoms with Gasteiger partial charge in [-0.25, -0.2) is 4.79 Å². The van der Waals surface area contributed by atoms with Gasteiger partial charge in [-0.05, 0) is 50.1 Å². The van der Waals surface area contributed by atoms with E-state index in [0.717, 1.165) is 5.69 Å². The quantitative estimate of drug-likeness (QED) is 0.649. The zero-order chi connectivity index (χ0) is 24.3. The molecule has 4 rings (SSSR count). The van der Waals surface area contributed by atoms with Crippen LogP contribution in [0.4, 0.5) is 16.2 Å². The van der Waals surface area contributed by atoms with Crippen LogP contribution in [0.3, 0.4) is 0 Å². The number of amides is 4. The SMILES string of the molecule is CCNC(=O)CN1CN(c2ccccc2)C2(CCN(C(=O)Nc3ccc(Cl)c(Cl)c3)CC2)C1=O. The van der Waals surface area contributed by atoms with Crippen LogP contribution in [-0.4, -0.2) is 66.0 Å². The molecule has 2 saturated heterocycles. The van der Waals surface area contributed by atoms with Crippen LogP contribution in [0.25, 0.3) is 0 Å². The van der Waals surface area contributed by atoms with E-state index in [1.165, 1.54) is 0 Å². The number of anilines is 2. The van der Waals surface area contributed by atoms with Crippen LogP contribution in [0.15, 0.2) is 48.5 Å². The maximum atomic E-state index is 13.6. The smallest absolute Gasteiger partial charge is 0.321 e. The van der Waals surface area contributed by atoms with Crippen molar-refractivity contribution >= 4 is 52.4 Å². The molecule has 2 aromatic rings. The fraction of sp³-hybridized carbons (Fsp3) is 0.375. The lowest BCUT2D eigenvalue weighted by molar-refractivity contribution is -0.137. The zero-order valence-corrected chi connectivity index (χ0v) is 20.4. The van der Waals surface area contributed by atoms with Crippen molar-refractivity contribution in [3.63, 3.8) is 0 Å². The number of hydrogen-bond acceptors (Lipinski definition) is 4. The lowest BCUT2D eigenvalue weighted by Gasteiger charge is -2.43. The number of rotatable bonds is 5. The van der Waals surface area contributed by atoms with E-state index in [2.05, 4.69) is 15.5 Å². The van der Waals surface area contributed by atoms with Crippen LogP contribution < -0.4 is 15.5 Å². The van der Waals surface area contributed by atoms with Crippen molar-refractivity contribution in [1.29, 1.82) is 0 Å². The first-order valence-electron chi connectivity index (χ1n) is 11.2. The highest BCUT2D eigenvalue weighted by molar-refractivity contribution is 6.42. The van der Waals surface area contributed by atoms with Crippen LogP contribution in [0.5, 0.6) is 0 Å². The summed E-state index contributed by atoms with van der Waals surface area (Å²) in [4.78, 5) is 44.0. The Morgan fingerprint density at radius 1 is 1.03 bits per heavy atom. The fourth-order valence-electron chi connectivity index (χ4n) is 4.60. The topological polar surface area (TPSA) is 85.0 Å². The predicted octanol–water partition coefficient (Wildman–Crippen LogP) is 3.80. The van der Waals surface area contributed by atoms with Crippen LogP contribution >= 0.6 is 23.2 Å². The largest absolute Gasteiger partial charge is 0.355 e. The second-order valence-electron chi connectivity index (χ2n) is 8.44. The Morgan fingerprint density at radius 2 is 1.74 bits per heavy atom. The van der Waals surface area contributed by atoms with E-state index in [1.807, 2.05) is 37.3 Å². The molecule has 0 atom stereocenters. The molecule has 0 aliphatic carbocycles. The summed E-state index contributed by atoms with van der Waals surface area (Å²) in [5.41, 5.74) is 0.674. The Labute approximate surface area is 208 Å². The van der Waals surface area contributed by atoms with Gasteiger partial charge in [0, 0.05) is 31.0 Å². The molecular formula is C24H27Cl2N5O3. The maximum absolute atomic E-state index is 13.6. The molecule has 180 valence electrons. The Morgan fingerprint density at radius 3 is 2.38 bits per heavy atom. The van der Waals surface area contributed by atoms with E-state index in [9.17, 15) is 14.4 Å². The first-order valence-corrected chi connectivity index (χ1v) is 12.0. The molecule has 0 bridgehead atoms. The standard InChI is InChI=1S/C24H27Cl2N5O3/c1-2-27-21(32)15-30-16-31(18-6-4-3-5-7-18)24(22(30)33)10-12-29(13-11-24)23(34)28-17-8-9-19(25)20(26)14-17/h3-9,14H,2,10-13,15-16H2,1H3,(H,27,32)(H,28,34). The van der Waals surface area contributed by atoms with Crippen molar-refractivity contribution in [2.24, 2.45) is 0 Å². The Hall–Kier alpha value is -2.97. The number of carbonyl (C=O) groups excluding carboxylic acids is 3. The highest BCUT2D eigenvalue weighted by atomic mass is 35.5. The van der Waals surface area contributed by atoms with Crippen molar-refractivity contribution in [2.75, 3.05) is 43.1 Å². The summed E-state index contributed by atoms with van der Waals surface area (Å²) < 4.78 is 0. The number of likely N-dealkylation sites (N-methyl/N-ethyl adjacent to an activating group) is 1. The monoisotopic (exact) mass is 503 g/mol. The third kappa shape index (κ3) is 4.79. The Balaban J connectivity index is 1.50. The fourth-order valence-corrected chi connectivity index (χ4v) is 4.90. The number of nitrogens with one attached hydrogen (secondary N) is 2. The van der Waals surface area contributed by atoms with E-state index in [4.69, 9.17) is 23.2 Å². The van der Waals surface area contributed by atoms with Gasteiger partial charge in [0.1, 0.15) is 12.1 Å². The first kappa shape index (κ1) is 24.2. The molecule has 4 amide bonds. The van der Waals surface area contributed by atoms with Crippen molar-refractivity contribution in [1.82, 2.24) is 15.1 Å². The molecule has 2 aromatic carbocycles. The highest BCUT2D eigenvalue weighted by Gasteiger charge is 2.54. The molecule has 8 nitrogen and oxygen atoms in total. The summed E-state index contributed by atoms with van der Waals surface area (Å²) in [6.45, 7) is 3.50. The van der Waals surface area contributed by atoms with E-state index < -0.39 is 5.54 Å². The second kappa shape index (κ2) is 10.1. The summed E-state index contributed by atoms with van der Waals surface area (Å²) >= 11 is 12.0. The van der Waals surface area contributed by atoms with Crippen molar-refractivity contribution in [3.05, 3.63) is 58.6 Å². The average Bonchev–Trinajstić information content (AvgIpc) is 3.08. The molecule has 0 saturated carbocycles. The van der Waals surface area contributed by atoms with Gasteiger partial charge >= 0.3 is 6.03 Å². The second-order valence-corrected chi connectivity index (χ2v) is 9.25. The normalized spacial score (nSPS) is 17.3. The molecule has 2 heterocycles. The van der Waals surface area contributed by atoms with Gasteiger partial charge in [-0.2, -0.15) is 0 Å². The number of halogens is 2. The Kier molecular flexibility index (Phi) is 7.19. The lowest BCUT2D eigenvalue weighted by Crippen LogP contribution is -2.58. The number of carbonyl (C=O) groups is 3. The number of piperidine rings is 1. The minimum atomic E-state index is -0.797. The van der Waals surface area contributed by atoms with E-state index >= 15 is 0 Å². The summed E-state index contributed by atoms with van der Waals surface area (Å²) in [6.07, 6.45) is 0.919. The van der Waals surface area contributed by atoms with Gasteiger partial charge in [0.15, 0.2) is 0 Å². The summed E-state index contributed by atoms with van der Waals surface area (Å²) in [7, 11) is 0. The molecule has 2 N–H and O–H groups in total. The molecule has 2 fully saturated rings. The van der Waals surface area contributed by atoms with E-state index in [0.29, 0.717) is 54.9 Å². The maximum Gasteiger partial charge on any atom is 0.321 e. The van der Waals surface area contributed by atoms with Gasteiger partial charge in [-0.15, -0.1) is 0 Å². The number of urea groups is 1. The minimum Gasteiger partial charge on any atom is -0.355 e. The van der Waals surface area contributed by atoms with Gasteiger partial charge in [0.2, 0.25) is 5.91 Å². The molecule has 0 aromatic heterocycles. The first-order chi connectivity index (χ1) is 16.3. The number of benzene rings is 2. The van der Waals surface area contributed by atoms with Gasteiger partial charge in [0.05, 0.1) is 16.7 Å². The molecule has 0 unspecified atom stereocenters. The van der Waals surface area contributed by atoms with Gasteiger partial charge in [-0.3, -0.25) is 9.59 Å². The lowest BCUT2D eigenvalue weighted by atomic mass is 9.85. The Bertz CT molecular complexity index is 1070. The van der Waals surface area contributed by atoms with Gasteiger partial charge in [-0.1, -0.05) is 41.4 Å². The van der Waals surface area contributed by atoms with Gasteiger partial charge < -0.3 is 25.3 Å². The van der Waals surface area contributed by atoms with Crippen LogP contribution in [0.2, 0.25) is 10.0 Å². The molecule has 0 radical (unpaired) electrons. The third-order valence-corrected chi connectivity index (χ3v) is 7.08. The van der Waals surface area contributed by atoms with E-state index in [-0.39, 0.29) is 24.4 Å². The van der Waals surface area contributed by atoms with Gasteiger partial charge in [0.25, 0.3) is 5.91 Å². The summed E-state index contributed by atoms with van der Waals surface area (Å²) in [5.74, 6) is -0.258.